The largest absolute Gasteiger partial charge is 0.487 e. The summed E-state index contributed by atoms with van der Waals surface area (Å²) in [6.07, 6.45) is 9.99. The van der Waals surface area contributed by atoms with Crippen LogP contribution in [0.15, 0.2) is 16.8 Å². The van der Waals surface area contributed by atoms with E-state index in [0.717, 1.165) is 36.1 Å². The first-order chi connectivity index (χ1) is 14.1. The molecule has 0 bridgehead atoms. The lowest BCUT2D eigenvalue weighted by atomic mass is 9.79. The number of nitrogens with zero attached hydrogens (tertiary/aromatic N) is 3. The van der Waals surface area contributed by atoms with Crippen LogP contribution >= 0.6 is 0 Å². The highest BCUT2D eigenvalue weighted by Crippen LogP contribution is 2.57. The Morgan fingerprint density at radius 1 is 1.48 bits per heavy atom. The van der Waals surface area contributed by atoms with Gasteiger partial charge in [0, 0.05) is 47.8 Å². The van der Waals surface area contributed by atoms with E-state index < -0.39 is 0 Å². The average molecular weight is 391 g/mol. The fraction of sp³-hybridized carbons (Fsp3) is 0.409. The van der Waals surface area contributed by atoms with Gasteiger partial charge in [0.1, 0.15) is 18.4 Å². The summed E-state index contributed by atoms with van der Waals surface area (Å²) in [5.74, 6) is 0.251. The normalized spacial score (nSPS) is 26.1. The molecule has 2 aliphatic carbocycles. The summed E-state index contributed by atoms with van der Waals surface area (Å²) in [4.78, 5) is 6.57. The number of nitrogens with one attached hydrogen (secondary N) is 2. The Bertz CT molecular complexity index is 1030. The summed E-state index contributed by atoms with van der Waals surface area (Å²) >= 11 is 0. The molecular formula is C22H22FN5O. The smallest absolute Gasteiger partial charge is 0.169 e. The first-order valence-electron chi connectivity index (χ1n) is 10.0. The Kier molecular flexibility index (Phi) is 4.16. The first-order valence-corrected chi connectivity index (χ1v) is 10.0. The van der Waals surface area contributed by atoms with Crippen molar-refractivity contribution >= 4 is 35.5 Å². The third-order valence-electron chi connectivity index (χ3n) is 6.14. The Hall–Kier alpha value is -3.14. The van der Waals surface area contributed by atoms with Gasteiger partial charge >= 0.3 is 0 Å². The van der Waals surface area contributed by atoms with Crippen LogP contribution in [-0.4, -0.2) is 37.2 Å². The summed E-state index contributed by atoms with van der Waals surface area (Å²) in [5, 5.41) is 20.0. The first kappa shape index (κ1) is 17.9. The number of aliphatic imine (C=N–C) groups is 1. The number of hydrogen-bond donors (Lipinski definition) is 2. The van der Waals surface area contributed by atoms with Crippen LogP contribution in [0.3, 0.4) is 0 Å². The van der Waals surface area contributed by atoms with Gasteiger partial charge in [0.15, 0.2) is 11.6 Å². The van der Waals surface area contributed by atoms with Crippen LogP contribution in [0.1, 0.15) is 43.7 Å². The molecule has 0 saturated heterocycles. The molecule has 6 nitrogen and oxygen atoms in total. The van der Waals surface area contributed by atoms with Crippen LogP contribution in [0.25, 0.3) is 11.6 Å². The molecule has 4 aliphatic rings. The topological polar surface area (TPSA) is 84.5 Å². The van der Waals surface area contributed by atoms with Crippen molar-refractivity contribution in [3.8, 4) is 11.8 Å². The number of benzene rings is 1. The van der Waals surface area contributed by atoms with E-state index in [2.05, 4.69) is 21.3 Å². The zero-order valence-corrected chi connectivity index (χ0v) is 16.2. The van der Waals surface area contributed by atoms with E-state index in [1.807, 2.05) is 13.1 Å². The highest BCUT2D eigenvalue weighted by molar-refractivity contribution is 6.13. The molecule has 3 atom stereocenters. The van der Waals surface area contributed by atoms with Gasteiger partial charge in [0.05, 0.1) is 23.3 Å². The molecule has 0 radical (unpaired) electrons. The summed E-state index contributed by atoms with van der Waals surface area (Å²) in [7, 11) is 0. The molecule has 0 amide bonds. The van der Waals surface area contributed by atoms with Gasteiger partial charge in [-0.15, -0.1) is 0 Å². The van der Waals surface area contributed by atoms with Gasteiger partial charge in [-0.05, 0) is 32.3 Å². The average Bonchev–Trinajstić information content (AvgIpc) is 3.13. The van der Waals surface area contributed by atoms with E-state index in [9.17, 15) is 5.26 Å². The van der Waals surface area contributed by atoms with Gasteiger partial charge in [0.25, 0.3) is 0 Å². The van der Waals surface area contributed by atoms with Crippen molar-refractivity contribution in [2.75, 3.05) is 16.8 Å². The predicted molar refractivity (Wildman–Crippen MR) is 112 cm³/mol. The van der Waals surface area contributed by atoms with Crippen molar-refractivity contribution in [3.63, 3.8) is 0 Å². The molecule has 5 rings (SSSR count). The molecule has 1 saturated carbocycles. The highest BCUT2D eigenvalue weighted by atomic mass is 19.1. The fourth-order valence-electron chi connectivity index (χ4n) is 4.66. The monoisotopic (exact) mass is 391 g/mol. The van der Waals surface area contributed by atoms with Crippen LogP contribution in [0.5, 0.6) is 5.75 Å². The number of hydrogen-bond acceptors (Lipinski definition) is 6. The maximum Gasteiger partial charge on any atom is 0.169 e. The molecular weight excluding hydrogens is 369 g/mol. The van der Waals surface area contributed by atoms with Gasteiger partial charge in [-0.2, -0.15) is 5.26 Å². The molecule has 148 valence electrons. The van der Waals surface area contributed by atoms with Crippen molar-refractivity contribution in [2.24, 2.45) is 4.99 Å². The van der Waals surface area contributed by atoms with E-state index in [1.54, 1.807) is 12.3 Å². The van der Waals surface area contributed by atoms with Crippen molar-refractivity contribution in [3.05, 3.63) is 28.7 Å². The SMILES string of the molecule is CC1COc2c(NC3CCC(N=CCC=N)C3)c(F)c3c4c2N1C=C(C#N)C4=C3. The second kappa shape index (κ2) is 6.73. The van der Waals surface area contributed by atoms with Gasteiger partial charge in [-0.3, -0.25) is 4.99 Å². The standard InChI is InChI=1S/C22H22FN5O/c1-12-11-29-22-20(27-15-4-3-14(7-15)26-6-2-5-24)19(23)17-8-16-13(9-25)10-28(12)21(22)18(16)17/h5-6,8,10,12,14-15,24,27H,2-4,7,11H2,1H3. The molecule has 2 heterocycles. The van der Waals surface area contributed by atoms with Gasteiger partial charge in [-0.1, -0.05) is 0 Å². The van der Waals surface area contributed by atoms with Gasteiger partial charge in [0.2, 0.25) is 0 Å². The summed E-state index contributed by atoms with van der Waals surface area (Å²) in [6.45, 7) is 2.48. The summed E-state index contributed by atoms with van der Waals surface area (Å²) in [6, 6.07) is 2.65. The third-order valence-corrected chi connectivity index (χ3v) is 6.14. The predicted octanol–water partition coefficient (Wildman–Crippen LogP) is 4.13. The summed E-state index contributed by atoms with van der Waals surface area (Å²) in [5.41, 5.74) is 4.04. The Morgan fingerprint density at radius 3 is 3.14 bits per heavy atom. The van der Waals surface area contributed by atoms with Crippen molar-refractivity contribution in [2.45, 2.75) is 50.7 Å². The van der Waals surface area contributed by atoms with E-state index >= 15 is 4.39 Å². The number of allylic oxidation sites excluding steroid dienone is 2. The Labute approximate surface area is 168 Å². The van der Waals surface area contributed by atoms with Crippen LogP contribution in [0.4, 0.5) is 15.8 Å². The van der Waals surface area contributed by atoms with Crippen LogP contribution in [-0.2, 0) is 0 Å². The zero-order chi connectivity index (χ0) is 20.1. The van der Waals surface area contributed by atoms with E-state index in [0.29, 0.717) is 35.6 Å². The quantitative estimate of drug-likeness (QED) is 0.739. The number of ether oxygens (including phenoxy) is 1. The van der Waals surface area contributed by atoms with Gasteiger partial charge < -0.3 is 20.4 Å². The molecule has 2 N–H and O–H groups in total. The number of anilines is 2. The van der Waals surface area contributed by atoms with Gasteiger partial charge in [-0.25, -0.2) is 4.39 Å². The molecule has 1 fully saturated rings. The third kappa shape index (κ3) is 2.66. The second-order valence-electron chi connectivity index (χ2n) is 8.01. The molecule has 7 heteroatoms. The fourth-order valence-corrected chi connectivity index (χ4v) is 4.66. The number of rotatable bonds is 5. The molecule has 3 unspecified atom stereocenters. The molecule has 2 aliphatic heterocycles. The minimum absolute atomic E-state index is 0.0782. The lowest BCUT2D eigenvalue weighted by molar-refractivity contribution is 0.277. The number of halogens is 1. The van der Waals surface area contributed by atoms with Crippen molar-refractivity contribution in [1.29, 1.82) is 10.7 Å². The molecule has 1 aromatic rings. The molecule has 0 spiro atoms. The molecule has 1 aromatic carbocycles. The van der Waals surface area contributed by atoms with Crippen molar-refractivity contribution < 1.29 is 9.13 Å². The lowest BCUT2D eigenvalue weighted by Gasteiger charge is -2.43. The Morgan fingerprint density at radius 2 is 2.34 bits per heavy atom. The Balaban J connectivity index is 1.48. The maximum absolute atomic E-state index is 15.4. The van der Waals surface area contributed by atoms with Crippen LogP contribution in [0.2, 0.25) is 0 Å². The van der Waals surface area contributed by atoms with E-state index in [4.69, 9.17) is 10.1 Å². The minimum Gasteiger partial charge on any atom is -0.487 e. The van der Waals surface area contributed by atoms with Crippen molar-refractivity contribution in [1.82, 2.24) is 0 Å². The summed E-state index contributed by atoms with van der Waals surface area (Å²) < 4.78 is 21.4. The zero-order valence-electron chi connectivity index (χ0n) is 16.2. The highest BCUT2D eigenvalue weighted by Gasteiger charge is 2.41. The maximum atomic E-state index is 15.4. The molecule has 29 heavy (non-hydrogen) atoms. The molecule has 0 aromatic heterocycles. The second-order valence-corrected chi connectivity index (χ2v) is 8.01. The number of nitriles is 1. The van der Waals surface area contributed by atoms with Crippen LogP contribution in [0, 0.1) is 22.6 Å². The lowest BCUT2D eigenvalue weighted by Crippen LogP contribution is -2.41. The van der Waals surface area contributed by atoms with E-state index in [1.165, 1.54) is 6.21 Å². The van der Waals surface area contributed by atoms with E-state index in [-0.39, 0.29) is 23.9 Å². The minimum atomic E-state index is -0.299. The van der Waals surface area contributed by atoms with Crippen LogP contribution < -0.4 is 15.0 Å².